The molecule has 0 saturated heterocycles. The lowest BCUT2D eigenvalue weighted by Crippen LogP contribution is -2.29. The molecule has 2 heterocycles. The molecule has 2 N–H and O–H groups in total. The van der Waals surface area contributed by atoms with Crippen molar-refractivity contribution in [2.24, 2.45) is 0 Å². The number of rotatable bonds is 2. The quantitative estimate of drug-likeness (QED) is 0.889. The molecule has 0 atom stereocenters. The first kappa shape index (κ1) is 15.9. The van der Waals surface area contributed by atoms with E-state index >= 15 is 0 Å². The largest absolute Gasteiger partial charge is 0.375 e. The van der Waals surface area contributed by atoms with Gasteiger partial charge >= 0.3 is 0 Å². The van der Waals surface area contributed by atoms with Gasteiger partial charge in [0.1, 0.15) is 0 Å². The topological polar surface area (TPSA) is 42.1 Å². The van der Waals surface area contributed by atoms with Gasteiger partial charge in [-0.3, -0.25) is 4.90 Å². The van der Waals surface area contributed by atoms with Crippen molar-refractivity contribution in [3.8, 4) is 0 Å². The van der Waals surface area contributed by atoms with Crippen LogP contribution in [0.2, 0.25) is 10.0 Å². The molecule has 1 aliphatic rings. The van der Waals surface area contributed by atoms with Crippen LogP contribution < -0.4 is 5.73 Å². The van der Waals surface area contributed by atoms with E-state index in [0.717, 1.165) is 31.1 Å². The summed E-state index contributed by atoms with van der Waals surface area (Å²) in [6.07, 6.45) is 2.81. The summed E-state index contributed by atoms with van der Waals surface area (Å²) in [5.74, 6) is 0. The Labute approximate surface area is 138 Å². The van der Waals surface area contributed by atoms with Gasteiger partial charge in [0, 0.05) is 40.8 Å². The summed E-state index contributed by atoms with van der Waals surface area (Å²) < 4.78 is 0. The molecule has 2 aromatic rings. The maximum Gasteiger partial charge on any atom is 0.180 e. The fraction of sp³-hybridized carbons (Fsp3) is 0.308. The summed E-state index contributed by atoms with van der Waals surface area (Å²) in [4.78, 5) is 7.63. The zero-order valence-corrected chi connectivity index (χ0v) is 13.7. The molecular weight excluding hydrogens is 337 g/mol. The second-order valence-electron chi connectivity index (χ2n) is 4.65. The first-order valence-corrected chi connectivity index (χ1v) is 7.58. The van der Waals surface area contributed by atoms with Gasteiger partial charge in [0.2, 0.25) is 0 Å². The highest BCUT2D eigenvalue weighted by Crippen LogP contribution is 2.30. The Hall–Kier alpha value is -0.520. The zero-order valence-electron chi connectivity index (χ0n) is 10.6. The minimum atomic E-state index is 0. The van der Waals surface area contributed by atoms with Crippen LogP contribution in [0.5, 0.6) is 0 Å². The van der Waals surface area contributed by atoms with Crippen molar-refractivity contribution < 1.29 is 0 Å². The third-order valence-corrected chi connectivity index (χ3v) is 4.64. The van der Waals surface area contributed by atoms with Gasteiger partial charge in [-0.2, -0.15) is 0 Å². The first-order chi connectivity index (χ1) is 9.11. The standard InChI is InChI=1S/C13H13Cl2N3S.ClH/c14-9-3-8-6-18(2-1-11(8)12(15)4-9)7-10-5-17-13(16)19-10;/h3-5H,1-2,6-7H2,(H2,16,17);1H. The molecule has 0 bridgehead atoms. The van der Waals surface area contributed by atoms with E-state index < -0.39 is 0 Å². The predicted molar refractivity (Wildman–Crippen MR) is 88.1 cm³/mol. The average Bonchev–Trinajstić information content (AvgIpc) is 2.74. The van der Waals surface area contributed by atoms with Crippen molar-refractivity contribution in [1.82, 2.24) is 9.88 Å². The zero-order chi connectivity index (χ0) is 13.4. The second kappa shape index (κ2) is 6.50. The van der Waals surface area contributed by atoms with Gasteiger partial charge in [0.15, 0.2) is 5.13 Å². The number of hydrogen-bond donors (Lipinski definition) is 1. The highest BCUT2D eigenvalue weighted by Gasteiger charge is 2.19. The van der Waals surface area contributed by atoms with Gasteiger partial charge < -0.3 is 5.73 Å². The fourth-order valence-electron chi connectivity index (χ4n) is 2.42. The number of nitrogens with two attached hydrogens (primary N) is 1. The number of nitrogen functional groups attached to an aromatic ring is 1. The molecule has 3 rings (SSSR count). The predicted octanol–water partition coefficient (Wildman–Crippen LogP) is 4.01. The second-order valence-corrected chi connectivity index (χ2v) is 6.64. The van der Waals surface area contributed by atoms with E-state index in [9.17, 15) is 0 Å². The molecule has 1 aromatic carbocycles. The molecule has 0 saturated carbocycles. The minimum absolute atomic E-state index is 0. The Morgan fingerprint density at radius 2 is 2.15 bits per heavy atom. The minimum Gasteiger partial charge on any atom is -0.375 e. The molecule has 0 spiro atoms. The fourth-order valence-corrected chi connectivity index (χ4v) is 3.78. The Balaban J connectivity index is 0.00000147. The lowest BCUT2D eigenvalue weighted by molar-refractivity contribution is 0.247. The highest BCUT2D eigenvalue weighted by molar-refractivity contribution is 7.15. The van der Waals surface area contributed by atoms with Crippen LogP contribution in [0.1, 0.15) is 16.0 Å². The molecule has 1 aliphatic heterocycles. The third-order valence-electron chi connectivity index (χ3n) is 3.28. The van der Waals surface area contributed by atoms with Crippen molar-refractivity contribution in [2.45, 2.75) is 19.5 Å². The SMILES string of the molecule is Cl.Nc1ncc(CN2CCc3c(Cl)cc(Cl)cc3C2)s1. The molecule has 3 nitrogen and oxygen atoms in total. The van der Waals surface area contributed by atoms with Crippen LogP contribution in [-0.4, -0.2) is 16.4 Å². The number of halogens is 3. The van der Waals surface area contributed by atoms with E-state index in [1.54, 1.807) is 11.3 Å². The van der Waals surface area contributed by atoms with Crippen molar-refractivity contribution in [2.75, 3.05) is 12.3 Å². The number of hydrogen-bond acceptors (Lipinski definition) is 4. The van der Waals surface area contributed by atoms with Crippen LogP contribution in [-0.2, 0) is 19.5 Å². The van der Waals surface area contributed by atoms with E-state index in [2.05, 4.69) is 9.88 Å². The molecular formula is C13H14Cl3N3S. The molecule has 1 aromatic heterocycles. The van der Waals surface area contributed by atoms with E-state index in [0.29, 0.717) is 10.2 Å². The van der Waals surface area contributed by atoms with Gasteiger partial charge in [-0.15, -0.1) is 23.7 Å². The molecule has 0 unspecified atom stereocenters. The maximum atomic E-state index is 6.23. The lowest BCUT2D eigenvalue weighted by atomic mass is 10.00. The van der Waals surface area contributed by atoms with Crippen molar-refractivity contribution in [3.63, 3.8) is 0 Å². The number of nitrogens with zero attached hydrogens (tertiary/aromatic N) is 2. The number of benzene rings is 1. The van der Waals surface area contributed by atoms with Crippen molar-refractivity contribution in [3.05, 3.63) is 44.4 Å². The van der Waals surface area contributed by atoms with Crippen molar-refractivity contribution >= 4 is 52.1 Å². The molecule has 0 amide bonds. The number of aromatic nitrogens is 1. The summed E-state index contributed by atoms with van der Waals surface area (Å²) in [5.41, 5.74) is 8.11. The lowest BCUT2D eigenvalue weighted by Gasteiger charge is -2.29. The van der Waals surface area contributed by atoms with Crippen LogP contribution in [0.25, 0.3) is 0 Å². The van der Waals surface area contributed by atoms with E-state index in [4.69, 9.17) is 28.9 Å². The number of thiazole rings is 1. The smallest absolute Gasteiger partial charge is 0.180 e. The molecule has 0 aliphatic carbocycles. The summed E-state index contributed by atoms with van der Waals surface area (Å²) in [6, 6.07) is 3.83. The third kappa shape index (κ3) is 3.38. The van der Waals surface area contributed by atoms with Gasteiger partial charge in [0.25, 0.3) is 0 Å². The molecule has 108 valence electrons. The molecule has 20 heavy (non-hydrogen) atoms. The van der Waals surface area contributed by atoms with E-state index in [-0.39, 0.29) is 12.4 Å². The summed E-state index contributed by atoms with van der Waals surface area (Å²) in [7, 11) is 0. The van der Waals surface area contributed by atoms with E-state index in [1.165, 1.54) is 16.0 Å². The monoisotopic (exact) mass is 349 g/mol. The van der Waals surface area contributed by atoms with Crippen LogP contribution in [0.3, 0.4) is 0 Å². The number of anilines is 1. The number of fused-ring (bicyclic) bond motifs is 1. The molecule has 0 fully saturated rings. The molecule has 0 radical (unpaired) electrons. The van der Waals surface area contributed by atoms with Crippen LogP contribution in [0, 0.1) is 0 Å². The van der Waals surface area contributed by atoms with E-state index in [1.807, 2.05) is 18.3 Å². The van der Waals surface area contributed by atoms with Crippen molar-refractivity contribution in [1.29, 1.82) is 0 Å². The Kier molecular flexibility index (Phi) is 5.15. The summed E-state index contributed by atoms with van der Waals surface area (Å²) in [6.45, 7) is 2.73. The van der Waals surface area contributed by atoms with Crippen LogP contribution in [0.4, 0.5) is 5.13 Å². The van der Waals surface area contributed by atoms with Crippen LogP contribution in [0.15, 0.2) is 18.3 Å². The van der Waals surface area contributed by atoms with Gasteiger partial charge in [0.05, 0.1) is 0 Å². The maximum absolute atomic E-state index is 6.23. The Bertz CT molecular complexity index is 615. The Morgan fingerprint density at radius 1 is 1.35 bits per heavy atom. The molecule has 7 heteroatoms. The highest BCUT2D eigenvalue weighted by atomic mass is 35.5. The van der Waals surface area contributed by atoms with Gasteiger partial charge in [-0.25, -0.2) is 4.98 Å². The van der Waals surface area contributed by atoms with Gasteiger partial charge in [-0.1, -0.05) is 23.2 Å². The van der Waals surface area contributed by atoms with Crippen LogP contribution >= 0.6 is 46.9 Å². The summed E-state index contributed by atoms with van der Waals surface area (Å²) >= 11 is 13.8. The Morgan fingerprint density at radius 3 is 2.85 bits per heavy atom. The normalized spacial score (nSPS) is 14.7. The average molecular weight is 351 g/mol. The summed E-state index contributed by atoms with van der Waals surface area (Å²) in [5, 5.41) is 2.11. The van der Waals surface area contributed by atoms with Gasteiger partial charge in [-0.05, 0) is 29.7 Å². The first-order valence-electron chi connectivity index (χ1n) is 6.01.